The zero-order chi connectivity index (χ0) is 16.7. The first kappa shape index (κ1) is 15.1. The number of fused-ring (bicyclic) bond motifs is 3. The second kappa shape index (κ2) is 5.89. The molecule has 0 spiro atoms. The predicted molar refractivity (Wildman–Crippen MR) is 101 cm³/mol. The SMILES string of the molecule is CC[C@@H](N)c1ccc(-c2c(O)ccc3ncc4sccc4c23)cc1. The Kier molecular flexibility index (Phi) is 3.71. The number of aromatic hydroxyl groups is 1. The fraction of sp³-hybridized carbons (Fsp3) is 0.150. The van der Waals surface area contributed by atoms with Gasteiger partial charge >= 0.3 is 0 Å². The molecule has 4 heteroatoms. The maximum absolute atomic E-state index is 10.5. The third kappa shape index (κ3) is 2.35. The van der Waals surface area contributed by atoms with E-state index in [9.17, 15) is 5.11 Å². The van der Waals surface area contributed by atoms with Gasteiger partial charge in [-0.15, -0.1) is 11.3 Å². The molecule has 2 aromatic carbocycles. The van der Waals surface area contributed by atoms with Crippen molar-refractivity contribution >= 4 is 32.3 Å². The average Bonchev–Trinajstić information content (AvgIpc) is 3.10. The summed E-state index contributed by atoms with van der Waals surface area (Å²) in [4.78, 5) is 4.55. The van der Waals surface area contributed by atoms with Crippen LogP contribution in [0, 0.1) is 0 Å². The molecule has 3 nitrogen and oxygen atoms in total. The van der Waals surface area contributed by atoms with Crippen molar-refractivity contribution in [2.45, 2.75) is 19.4 Å². The number of rotatable bonds is 3. The number of pyridine rings is 1. The highest BCUT2D eigenvalue weighted by Gasteiger charge is 2.14. The van der Waals surface area contributed by atoms with Crippen molar-refractivity contribution in [2.75, 3.05) is 0 Å². The Hall–Kier alpha value is -2.43. The monoisotopic (exact) mass is 334 g/mol. The highest BCUT2D eigenvalue weighted by atomic mass is 32.1. The Balaban J connectivity index is 1.98. The van der Waals surface area contributed by atoms with Gasteiger partial charge in [-0.25, -0.2) is 0 Å². The molecular formula is C20H18N2OS. The van der Waals surface area contributed by atoms with Crippen LogP contribution in [0.15, 0.2) is 54.0 Å². The molecule has 0 aliphatic heterocycles. The van der Waals surface area contributed by atoms with E-state index in [2.05, 4.69) is 23.4 Å². The molecule has 0 unspecified atom stereocenters. The lowest BCUT2D eigenvalue weighted by molar-refractivity contribution is 0.478. The van der Waals surface area contributed by atoms with Crippen LogP contribution in [0.5, 0.6) is 5.75 Å². The van der Waals surface area contributed by atoms with Crippen molar-refractivity contribution in [1.82, 2.24) is 4.98 Å². The molecule has 0 saturated carbocycles. The second-order valence-electron chi connectivity index (χ2n) is 5.95. The zero-order valence-electron chi connectivity index (χ0n) is 13.4. The number of phenolic OH excluding ortho intramolecular Hbond substituents is 1. The number of hydrogen-bond acceptors (Lipinski definition) is 4. The summed E-state index contributed by atoms with van der Waals surface area (Å²) >= 11 is 1.66. The molecule has 0 bridgehead atoms. The molecule has 3 N–H and O–H groups in total. The number of benzene rings is 2. The Morgan fingerprint density at radius 2 is 1.92 bits per heavy atom. The normalized spacial score (nSPS) is 12.8. The molecule has 0 amide bonds. The Bertz CT molecular complexity index is 1020. The summed E-state index contributed by atoms with van der Waals surface area (Å²) < 4.78 is 1.12. The number of thiophene rings is 1. The molecule has 2 aromatic heterocycles. The molecule has 0 aliphatic rings. The highest BCUT2D eigenvalue weighted by molar-refractivity contribution is 7.17. The van der Waals surface area contributed by atoms with Crippen molar-refractivity contribution in [2.24, 2.45) is 5.73 Å². The summed E-state index contributed by atoms with van der Waals surface area (Å²) in [5.41, 5.74) is 9.92. The van der Waals surface area contributed by atoms with E-state index in [0.717, 1.165) is 44.1 Å². The molecule has 2 heterocycles. The minimum Gasteiger partial charge on any atom is -0.507 e. The summed E-state index contributed by atoms with van der Waals surface area (Å²) in [5.74, 6) is 0.274. The zero-order valence-corrected chi connectivity index (χ0v) is 14.2. The third-order valence-corrected chi connectivity index (χ3v) is 5.37. The van der Waals surface area contributed by atoms with Gasteiger partial charge in [0.15, 0.2) is 0 Å². The fourth-order valence-electron chi connectivity index (χ4n) is 3.14. The van der Waals surface area contributed by atoms with Crippen molar-refractivity contribution in [3.63, 3.8) is 0 Å². The third-order valence-electron chi connectivity index (χ3n) is 4.51. The van der Waals surface area contributed by atoms with Crippen molar-refractivity contribution in [1.29, 1.82) is 0 Å². The van der Waals surface area contributed by atoms with Crippen molar-refractivity contribution < 1.29 is 5.11 Å². The average molecular weight is 334 g/mol. The molecule has 120 valence electrons. The van der Waals surface area contributed by atoms with Gasteiger partial charge in [-0.1, -0.05) is 31.2 Å². The standard InChI is InChI=1S/C20H18N2OS/c1-2-15(21)12-3-5-13(6-4-12)19-17(23)8-7-16-20(19)14-9-10-24-18(14)11-22-16/h3-11,15,23H,2,21H2,1H3/t15-/m1/s1. The minimum atomic E-state index is 0.0467. The predicted octanol–water partition coefficient (Wildman–Crippen LogP) is 5.23. The molecule has 0 fully saturated rings. The second-order valence-corrected chi connectivity index (χ2v) is 6.89. The summed E-state index contributed by atoms with van der Waals surface area (Å²) in [6, 6.07) is 13.9. The van der Waals surface area contributed by atoms with E-state index in [4.69, 9.17) is 5.73 Å². The number of aromatic nitrogens is 1. The highest BCUT2D eigenvalue weighted by Crippen LogP contribution is 2.40. The number of nitrogens with zero attached hydrogens (tertiary/aromatic N) is 1. The van der Waals surface area contributed by atoms with E-state index in [1.165, 1.54) is 0 Å². The van der Waals surface area contributed by atoms with Crippen LogP contribution in [-0.2, 0) is 0 Å². The molecule has 4 aromatic rings. The van der Waals surface area contributed by atoms with E-state index in [1.807, 2.05) is 36.5 Å². The van der Waals surface area contributed by atoms with Crippen LogP contribution in [0.1, 0.15) is 24.9 Å². The van der Waals surface area contributed by atoms with Crippen LogP contribution >= 0.6 is 11.3 Å². The quantitative estimate of drug-likeness (QED) is 0.539. The van der Waals surface area contributed by atoms with Gasteiger partial charge in [0, 0.05) is 28.6 Å². The first-order chi connectivity index (χ1) is 11.7. The largest absolute Gasteiger partial charge is 0.507 e. The smallest absolute Gasteiger partial charge is 0.124 e. The summed E-state index contributed by atoms with van der Waals surface area (Å²) in [5, 5.41) is 14.7. The molecule has 24 heavy (non-hydrogen) atoms. The molecule has 0 saturated heterocycles. The van der Waals surface area contributed by atoms with E-state index in [0.29, 0.717) is 0 Å². The van der Waals surface area contributed by atoms with Gasteiger partial charge in [0.1, 0.15) is 5.75 Å². The minimum absolute atomic E-state index is 0.0467. The van der Waals surface area contributed by atoms with Gasteiger partial charge in [-0.05, 0) is 41.1 Å². The van der Waals surface area contributed by atoms with Gasteiger partial charge in [0.2, 0.25) is 0 Å². The van der Waals surface area contributed by atoms with Gasteiger partial charge in [0.25, 0.3) is 0 Å². The molecule has 0 radical (unpaired) electrons. The van der Waals surface area contributed by atoms with Crippen molar-refractivity contribution in [3.8, 4) is 16.9 Å². The first-order valence-electron chi connectivity index (χ1n) is 8.03. The number of phenols is 1. The lowest BCUT2D eigenvalue weighted by Crippen LogP contribution is -2.08. The van der Waals surface area contributed by atoms with Crippen LogP contribution in [0.4, 0.5) is 0 Å². The molecule has 1 atom stereocenters. The van der Waals surface area contributed by atoms with E-state index >= 15 is 0 Å². The number of nitrogens with two attached hydrogens (primary N) is 1. The fourth-order valence-corrected chi connectivity index (χ4v) is 3.90. The summed E-state index contributed by atoms with van der Waals surface area (Å²) in [7, 11) is 0. The van der Waals surface area contributed by atoms with Gasteiger partial charge in [-0.3, -0.25) is 4.98 Å². The lowest BCUT2D eigenvalue weighted by Gasteiger charge is -2.13. The van der Waals surface area contributed by atoms with Gasteiger partial charge in [-0.2, -0.15) is 0 Å². The van der Waals surface area contributed by atoms with Crippen LogP contribution in [0.25, 0.3) is 32.1 Å². The Morgan fingerprint density at radius 3 is 2.67 bits per heavy atom. The molecule has 4 rings (SSSR count). The van der Waals surface area contributed by atoms with Crippen LogP contribution in [0.3, 0.4) is 0 Å². The van der Waals surface area contributed by atoms with E-state index in [-0.39, 0.29) is 11.8 Å². The maximum atomic E-state index is 10.5. The topological polar surface area (TPSA) is 59.1 Å². The summed E-state index contributed by atoms with van der Waals surface area (Å²) in [6.07, 6.45) is 2.80. The van der Waals surface area contributed by atoms with Gasteiger partial charge < -0.3 is 10.8 Å². The van der Waals surface area contributed by atoms with Crippen LogP contribution in [-0.4, -0.2) is 10.1 Å². The lowest BCUT2D eigenvalue weighted by atomic mass is 9.95. The van der Waals surface area contributed by atoms with E-state index < -0.39 is 0 Å². The summed E-state index contributed by atoms with van der Waals surface area (Å²) in [6.45, 7) is 2.08. The number of hydrogen-bond donors (Lipinski definition) is 2. The van der Waals surface area contributed by atoms with E-state index in [1.54, 1.807) is 17.4 Å². The Labute approximate surface area is 144 Å². The molecule has 0 aliphatic carbocycles. The maximum Gasteiger partial charge on any atom is 0.124 e. The van der Waals surface area contributed by atoms with Crippen LogP contribution in [0.2, 0.25) is 0 Å². The Morgan fingerprint density at radius 1 is 1.12 bits per heavy atom. The van der Waals surface area contributed by atoms with Crippen molar-refractivity contribution in [3.05, 3.63) is 59.6 Å². The molecular weight excluding hydrogens is 316 g/mol. The van der Waals surface area contributed by atoms with Crippen LogP contribution < -0.4 is 5.73 Å². The first-order valence-corrected chi connectivity index (χ1v) is 8.90. The van der Waals surface area contributed by atoms with Gasteiger partial charge in [0.05, 0.1) is 10.2 Å².